The van der Waals surface area contributed by atoms with E-state index in [2.05, 4.69) is 33.4 Å². The van der Waals surface area contributed by atoms with E-state index in [1.54, 1.807) is 0 Å². The SMILES string of the molecule is OC[C@H]1CCc2cc(Br)ccc2N1. The summed E-state index contributed by atoms with van der Waals surface area (Å²) in [6.45, 7) is 0.218. The third-order valence-electron chi connectivity index (χ3n) is 2.41. The second-order valence-corrected chi connectivity index (χ2v) is 4.28. The van der Waals surface area contributed by atoms with Gasteiger partial charge in [0.05, 0.1) is 6.61 Å². The highest BCUT2D eigenvalue weighted by molar-refractivity contribution is 9.10. The molecule has 0 saturated carbocycles. The summed E-state index contributed by atoms with van der Waals surface area (Å²) >= 11 is 3.45. The smallest absolute Gasteiger partial charge is 0.0632 e. The summed E-state index contributed by atoms with van der Waals surface area (Å²) in [7, 11) is 0. The van der Waals surface area contributed by atoms with Crippen LogP contribution in [0.3, 0.4) is 0 Å². The van der Waals surface area contributed by atoms with Crippen LogP contribution in [0.1, 0.15) is 12.0 Å². The molecule has 0 amide bonds. The zero-order chi connectivity index (χ0) is 9.26. The second-order valence-electron chi connectivity index (χ2n) is 3.36. The number of aryl methyl sites for hydroxylation is 1. The number of hydrogen-bond acceptors (Lipinski definition) is 2. The first-order valence-corrected chi connectivity index (χ1v) is 5.24. The van der Waals surface area contributed by atoms with Crippen molar-refractivity contribution in [2.45, 2.75) is 18.9 Å². The molecule has 1 atom stereocenters. The summed E-state index contributed by atoms with van der Waals surface area (Å²) < 4.78 is 1.12. The molecule has 0 radical (unpaired) electrons. The fraction of sp³-hybridized carbons (Fsp3) is 0.400. The van der Waals surface area contributed by atoms with Gasteiger partial charge in [-0.1, -0.05) is 15.9 Å². The second kappa shape index (κ2) is 3.68. The maximum absolute atomic E-state index is 9.00. The minimum absolute atomic E-state index is 0.218. The zero-order valence-corrected chi connectivity index (χ0v) is 8.84. The number of anilines is 1. The van der Waals surface area contributed by atoms with Crippen LogP contribution in [0.2, 0.25) is 0 Å². The van der Waals surface area contributed by atoms with Crippen LogP contribution < -0.4 is 5.32 Å². The average molecular weight is 242 g/mol. The number of aliphatic hydroxyl groups is 1. The van der Waals surface area contributed by atoms with Crippen LogP contribution in [0.15, 0.2) is 22.7 Å². The number of halogens is 1. The highest BCUT2D eigenvalue weighted by Crippen LogP contribution is 2.27. The Balaban J connectivity index is 2.26. The van der Waals surface area contributed by atoms with Crippen LogP contribution in [-0.4, -0.2) is 17.8 Å². The first-order chi connectivity index (χ1) is 6.29. The summed E-state index contributed by atoms with van der Waals surface area (Å²) in [4.78, 5) is 0. The third kappa shape index (κ3) is 1.86. The summed E-state index contributed by atoms with van der Waals surface area (Å²) in [5.74, 6) is 0. The molecule has 2 N–H and O–H groups in total. The molecular formula is C10H12BrNO. The lowest BCUT2D eigenvalue weighted by Gasteiger charge is -2.25. The van der Waals surface area contributed by atoms with E-state index in [0.717, 1.165) is 23.0 Å². The lowest BCUT2D eigenvalue weighted by molar-refractivity contribution is 0.267. The van der Waals surface area contributed by atoms with E-state index in [4.69, 9.17) is 5.11 Å². The largest absolute Gasteiger partial charge is 0.394 e. The monoisotopic (exact) mass is 241 g/mol. The summed E-state index contributed by atoms with van der Waals surface area (Å²) in [6.07, 6.45) is 2.06. The van der Waals surface area contributed by atoms with Gasteiger partial charge < -0.3 is 10.4 Å². The molecule has 2 rings (SSSR count). The first-order valence-electron chi connectivity index (χ1n) is 4.45. The molecule has 1 aromatic rings. The normalized spacial score (nSPS) is 20.6. The van der Waals surface area contributed by atoms with Gasteiger partial charge in [-0.2, -0.15) is 0 Å². The molecule has 1 heterocycles. The molecule has 1 aliphatic rings. The van der Waals surface area contributed by atoms with Crippen molar-refractivity contribution in [3.8, 4) is 0 Å². The molecule has 2 nitrogen and oxygen atoms in total. The van der Waals surface area contributed by atoms with Gasteiger partial charge in [0.1, 0.15) is 0 Å². The Labute approximate surface area is 86.1 Å². The molecule has 0 fully saturated rings. The lowest BCUT2D eigenvalue weighted by atomic mass is 9.99. The van der Waals surface area contributed by atoms with E-state index in [1.165, 1.54) is 5.56 Å². The van der Waals surface area contributed by atoms with Crippen molar-refractivity contribution >= 4 is 21.6 Å². The zero-order valence-electron chi connectivity index (χ0n) is 7.26. The van der Waals surface area contributed by atoms with Gasteiger partial charge in [0.2, 0.25) is 0 Å². The minimum atomic E-state index is 0.218. The molecule has 0 bridgehead atoms. The summed E-state index contributed by atoms with van der Waals surface area (Å²) in [5.41, 5.74) is 2.49. The van der Waals surface area contributed by atoms with E-state index in [9.17, 15) is 0 Å². The van der Waals surface area contributed by atoms with E-state index in [-0.39, 0.29) is 12.6 Å². The number of rotatable bonds is 1. The fourth-order valence-electron chi connectivity index (χ4n) is 1.67. The van der Waals surface area contributed by atoms with Crippen molar-refractivity contribution in [3.63, 3.8) is 0 Å². The number of hydrogen-bond donors (Lipinski definition) is 2. The molecule has 1 aliphatic heterocycles. The van der Waals surface area contributed by atoms with E-state index in [0.29, 0.717) is 0 Å². The fourth-order valence-corrected chi connectivity index (χ4v) is 2.08. The van der Waals surface area contributed by atoms with E-state index in [1.807, 2.05) is 6.07 Å². The Hall–Kier alpha value is -0.540. The molecule has 0 unspecified atom stereocenters. The van der Waals surface area contributed by atoms with Crippen molar-refractivity contribution in [1.82, 2.24) is 0 Å². The van der Waals surface area contributed by atoms with E-state index < -0.39 is 0 Å². The van der Waals surface area contributed by atoms with Crippen molar-refractivity contribution in [1.29, 1.82) is 0 Å². The Morgan fingerprint density at radius 2 is 2.38 bits per heavy atom. The lowest BCUT2D eigenvalue weighted by Crippen LogP contribution is -2.28. The molecule has 0 saturated heterocycles. The van der Waals surface area contributed by atoms with Gasteiger partial charge in [0.15, 0.2) is 0 Å². The van der Waals surface area contributed by atoms with Crippen LogP contribution in [-0.2, 0) is 6.42 Å². The quantitative estimate of drug-likeness (QED) is 0.790. The third-order valence-corrected chi connectivity index (χ3v) is 2.90. The predicted molar refractivity (Wildman–Crippen MR) is 57.0 cm³/mol. The van der Waals surface area contributed by atoms with Gasteiger partial charge in [0, 0.05) is 16.2 Å². The number of fused-ring (bicyclic) bond motifs is 1. The Kier molecular flexibility index (Phi) is 2.56. The average Bonchev–Trinajstić information content (AvgIpc) is 2.17. The number of benzene rings is 1. The first kappa shape index (κ1) is 9.03. The van der Waals surface area contributed by atoms with Gasteiger partial charge in [-0.3, -0.25) is 0 Å². The van der Waals surface area contributed by atoms with Crippen LogP contribution in [0.25, 0.3) is 0 Å². The molecule has 0 aliphatic carbocycles. The number of aliphatic hydroxyl groups excluding tert-OH is 1. The van der Waals surface area contributed by atoms with Crippen LogP contribution in [0, 0.1) is 0 Å². The molecule has 13 heavy (non-hydrogen) atoms. The molecule has 0 spiro atoms. The van der Waals surface area contributed by atoms with Crippen molar-refractivity contribution < 1.29 is 5.11 Å². The van der Waals surface area contributed by atoms with Gasteiger partial charge in [0.25, 0.3) is 0 Å². The topological polar surface area (TPSA) is 32.3 Å². The van der Waals surface area contributed by atoms with Gasteiger partial charge >= 0.3 is 0 Å². The van der Waals surface area contributed by atoms with Crippen LogP contribution >= 0.6 is 15.9 Å². The highest BCUT2D eigenvalue weighted by Gasteiger charge is 2.16. The highest BCUT2D eigenvalue weighted by atomic mass is 79.9. The van der Waals surface area contributed by atoms with Crippen LogP contribution in [0.4, 0.5) is 5.69 Å². The van der Waals surface area contributed by atoms with Gasteiger partial charge in [-0.25, -0.2) is 0 Å². The van der Waals surface area contributed by atoms with Gasteiger partial charge in [-0.15, -0.1) is 0 Å². The Morgan fingerprint density at radius 3 is 3.15 bits per heavy atom. The maximum Gasteiger partial charge on any atom is 0.0632 e. The molecular weight excluding hydrogens is 230 g/mol. The standard InChI is InChI=1S/C10H12BrNO/c11-8-2-4-10-7(5-8)1-3-9(6-13)12-10/h2,4-5,9,12-13H,1,3,6H2/t9-/m1/s1. The molecule has 0 aromatic heterocycles. The molecule has 3 heteroatoms. The predicted octanol–water partition coefficient (Wildman–Crippen LogP) is 2.17. The minimum Gasteiger partial charge on any atom is -0.394 e. The number of nitrogens with one attached hydrogen (secondary N) is 1. The van der Waals surface area contributed by atoms with E-state index >= 15 is 0 Å². The molecule has 1 aromatic carbocycles. The molecule has 70 valence electrons. The van der Waals surface area contributed by atoms with Crippen LogP contribution in [0.5, 0.6) is 0 Å². The van der Waals surface area contributed by atoms with Gasteiger partial charge in [-0.05, 0) is 36.6 Å². The Bertz CT molecular complexity index is 314. The summed E-state index contributed by atoms with van der Waals surface area (Å²) in [5, 5.41) is 12.3. The van der Waals surface area contributed by atoms with Crippen molar-refractivity contribution in [3.05, 3.63) is 28.2 Å². The Morgan fingerprint density at radius 1 is 1.54 bits per heavy atom. The van der Waals surface area contributed by atoms with Crippen molar-refractivity contribution in [2.75, 3.05) is 11.9 Å². The summed E-state index contributed by atoms with van der Waals surface area (Å²) in [6, 6.07) is 6.44. The van der Waals surface area contributed by atoms with Crippen molar-refractivity contribution in [2.24, 2.45) is 0 Å². The maximum atomic E-state index is 9.00.